The Morgan fingerprint density at radius 3 is 0.627 bits per heavy atom. The van der Waals surface area contributed by atoms with E-state index in [-0.39, 0.29) is 28.0 Å². The Balaban J connectivity index is 0.000000370. The molecule has 0 aromatic carbocycles. The molecule has 0 aromatic heterocycles. The summed E-state index contributed by atoms with van der Waals surface area (Å²) in [4.78, 5) is 0. The first-order chi connectivity index (χ1) is 27.3. The van der Waals surface area contributed by atoms with Gasteiger partial charge < -0.3 is 28.4 Å². The molecule has 4 saturated carbocycles. The van der Waals surface area contributed by atoms with Crippen LogP contribution in [0.1, 0.15) is 241 Å². The lowest BCUT2D eigenvalue weighted by atomic mass is 9.72. The molecule has 6 nitrogen and oxygen atoms in total. The van der Waals surface area contributed by atoms with Crippen molar-refractivity contribution in [1.29, 1.82) is 0 Å². The van der Waals surface area contributed by atoms with Gasteiger partial charge in [-0.25, -0.2) is 0 Å². The van der Waals surface area contributed by atoms with Crippen molar-refractivity contribution in [2.24, 2.45) is 29.6 Å². The first-order valence-corrected chi connectivity index (χ1v) is 25.3. The zero-order valence-electron chi connectivity index (χ0n) is 43.5. The molecule has 354 valence electrons. The van der Waals surface area contributed by atoms with Crippen molar-refractivity contribution in [2.45, 2.75) is 300 Å². The fraction of sp³-hybridized carbons (Fsp3) is 1.00. The van der Waals surface area contributed by atoms with Gasteiger partial charge in [0.25, 0.3) is 0 Å². The molecule has 1 heterocycles. The molecule has 0 unspecified atom stereocenters. The summed E-state index contributed by atoms with van der Waals surface area (Å²) in [5.74, 6) is 3.28. The summed E-state index contributed by atoms with van der Waals surface area (Å²) < 4.78 is 35.4. The minimum absolute atomic E-state index is 0.0758. The van der Waals surface area contributed by atoms with E-state index in [9.17, 15) is 0 Å². The molecule has 0 N–H and O–H groups in total. The number of rotatable bonds is 15. The van der Waals surface area contributed by atoms with Crippen LogP contribution in [-0.2, 0) is 28.4 Å². The average Bonchev–Trinajstić information content (AvgIpc) is 3.73. The molecular weight excluding hydrogens is 733 g/mol. The average molecular weight is 839 g/mol. The van der Waals surface area contributed by atoms with E-state index >= 15 is 0 Å². The molecule has 0 radical (unpaired) electrons. The molecule has 0 bridgehead atoms. The summed E-state index contributed by atoms with van der Waals surface area (Å²) in [5, 5.41) is 0. The predicted octanol–water partition coefficient (Wildman–Crippen LogP) is 15.4. The first kappa shape index (κ1) is 56.8. The van der Waals surface area contributed by atoms with Gasteiger partial charge in [-0.2, -0.15) is 0 Å². The largest absolute Gasteiger partial charge is 0.381 e. The monoisotopic (exact) mass is 839 g/mol. The van der Waals surface area contributed by atoms with Gasteiger partial charge in [0.15, 0.2) is 0 Å². The van der Waals surface area contributed by atoms with E-state index < -0.39 is 0 Å². The van der Waals surface area contributed by atoms with Crippen molar-refractivity contribution in [3.8, 4) is 0 Å². The molecular formula is C53H106O6. The molecule has 0 atom stereocenters. The van der Waals surface area contributed by atoms with Crippen molar-refractivity contribution < 1.29 is 28.4 Å². The SMILES string of the molecule is CC(C)OC1(C(C)C)CC1.CC(C)OC1(C(C)C)CCC1.CC(C)OC1(C(C)C)CCCC1.CC(C)OC1(C(C)C)CCCCC1.CC(C)OC1(C(C)C)CCOCC1. The summed E-state index contributed by atoms with van der Waals surface area (Å²) in [5.41, 5.74) is 1.01. The zero-order chi connectivity index (χ0) is 45.2. The maximum atomic E-state index is 6.14. The van der Waals surface area contributed by atoms with Crippen LogP contribution in [0.5, 0.6) is 0 Å². The van der Waals surface area contributed by atoms with Gasteiger partial charge in [0.1, 0.15) is 0 Å². The predicted molar refractivity (Wildman–Crippen MR) is 254 cm³/mol. The van der Waals surface area contributed by atoms with Crippen LogP contribution >= 0.6 is 0 Å². The van der Waals surface area contributed by atoms with Crippen LogP contribution < -0.4 is 0 Å². The van der Waals surface area contributed by atoms with Crippen LogP contribution in [0.2, 0.25) is 0 Å². The molecule has 4 aliphatic carbocycles. The molecule has 5 rings (SSSR count). The number of hydrogen-bond donors (Lipinski definition) is 0. The molecule has 1 saturated heterocycles. The lowest BCUT2D eigenvalue weighted by Gasteiger charge is -2.46. The second-order valence-electron chi connectivity index (χ2n) is 22.2. The molecule has 59 heavy (non-hydrogen) atoms. The van der Waals surface area contributed by atoms with Crippen LogP contribution in [0, 0.1) is 29.6 Å². The van der Waals surface area contributed by atoms with E-state index in [1.807, 2.05) is 0 Å². The fourth-order valence-electron chi connectivity index (χ4n) is 9.99. The highest BCUT2D eigenvalue weighted by Crippen LogP contribution is 2.47. The third-order valence-electron chi connectivity index (χ3n) is 14.0. The van der Waals surface area contributed by atoms with E-state index in [2.05, 4.69) is 138 Å². The summed E-state index contributed by atoms with van der Waals surface area (Å²) >= 11 is 0. The summed E-state index contributed by atoms with van der Waals surface area (Å²) in [6.07, 6.45) is 22.2. The van der Waals surface area contributed by atoms with Crippen molar-refractivity contribution in [2.75, 3.05) is 13.2 Å². The van der Waals surface area contributed by atoms with Gasteiger partial charge in [-0.15, -0.1) is 0 Å². The van der Waals surface area contributed by atoms with Gasteiger partial charge in [0, 0.05) is 26.1 Å². The Morgan fingerprint density at radius 2 is 0.458 bits per heavy atom. The van der Waals surface area contributed by atoms with E-state index in [4.69, 9.17) is 28.4 Å². The minimum atomic E-state index is 0.0758. The molecule has 0 amide bonds. The quantitative estimate of drug-likeness (QED) is 0.164. The fourth-order valence-corrected chi connectivity index (χ4v) is 9.99. The zero-order valence-corrected chi connectivity index (χ0v) is 43.5. The molecule has 0 spiro atoms. The van der Waals surface area contributed by atoms with Crippen LogP contribution in [0.15, 0.2) is 0 Å². The van der Waals surface area contributed by atoms with Gasteiger partial charge in [-0.3, -0.25) is 0 Å². The van der Waals surface area contributed by atoms with Crippen LogP contribution in [-0.4, -0.2) is 71.7 Å². The molecule has 6 heteroatoms. The molecule has 0 aromatic rings. The lowest BCUT2D eigenvalue weighted by molar-refractivity contribution is -0.157. The number of hydrogen-bond acceptors (Lipinski definition) is 6. The highest BCUT2D eigenvalue weighted by molar-refractivity contribution is 4.98. The van der Waals surface area contributed by atoms with Crippen LogP contribution in [0.25, 0.3) is 0 Å². The highest BCUT2D eigenvalue weighted by Gasteiger charge is 2.47. The number of ether oxygens (including phenoxy) is 6. The maximum absolute atomic E-state index is 6.14. The van der Waals surface area contributed by atoms with E-state index in [1.54, 1.807) is 0 Å². The van der Waals surface area contributed by atoms with Crippen LogP contribution in [0.4, 0.5) is 0 Å². The van der Waals surface area contributed by atoms with Gasteiger partial charge in [0.2, 0.25) is 0 Å². The summed E-state index contributed by atoms with van der Waals surface area (Å²) in [6, 6.07) is 0. The van der Waals surface area contributed by atoms with Crippen molar-refractivity contribution in [3.63, 3.8) is 0 Å². The third-order valence-corrected chi connectivity index (χ3v) is 14.0. The Labute approximate surface area is 369 Å². The van der Waals surface area contributed by atoms with Crippen molar-refractivity contribution in [1.82, 2.24) is 0 Å². The van der Waals surface area contributed by atoms with Gasteiger partial charge >= 0.3 is 0 Å². The van der Waals surface area contributed by atoms with Gasteiger partial charge in [-0.05, 0) is 157 Å². The molecule has 5 fully saturated rings. The summed E-state index contributed by atoms with van der Waals surface area (Å²) in [7, 11) is 0. The van der Waals surface area contributed by atoms with Gasteiger partial charge in [-0.1, -0.05) is 101 Å². The topological polar surface area (TPSA) is 55.4 Å². The Kier molecular flexibility index (Phi) is 25.5. The lowest BCUT2D eigenvalue weighted by Crippen LogP contribution is -2.46. The van der Waals surface area contributed by atoms with E-state index in [0.717, 1.165) is 26.1 Å². The Morgan fingerprint density at radius 1 is 0.254 bits per heavy atom. The van der Waals surface area contributed by atoms with E-state index in [1.165, 1.54) is 89.9 Å². The van der Waals surface area contributed by atoms with Gasteiger partial charge in [0.05, 0.1) is 58.5 Å². The highest BCUT2D eigenvalue weighted by atomic mass is 16.5. The van der Waals surface area contributed by atoms with Crippen LogP contribution in [0.3, 0.4) is 0 Å². The maximum Gasteiger partial charge on any atom is 0.0752 e. The normalized spacial score (nSPS) is 22.5. The van der Waals surface area contributed by atoms with E-state index in [0.29, 0.717) is 60.1 Å². The molecule has 1 aliphatic heterocycles. The second kappa shape index (κ2) is 26.5. The Bertz CT molecular complexity index is 1010. The smallest absolute Gasteiger partial charge is 0.0752 e. The first-order valence-electron chi connectivity index (χ1n) is 25.3. The third kappa shape index (κ3) is 19.2. The summed E-state index contributed by atoms with van der Waals surface area (Å²) in [6.45, 7) is 45.7. The van der Waals surface area contributed by atoms with Crippen molar-refractivity contribution in [3.05, 3.63) is 0 Å². The van der Waals surface area contributed by atoms with Crippen molar-refractivity contribution >= 4 is 0 Å². The minimum Gasteiger partial charge on any atom is -0.381 e. The Hall–Kier alpha value is -0.240. The standard InChI is InChI=1S/C12H24O.C11H22O2.C11H22O.C10H20O.C9H18O/c1-10(2)12(13-11(3)4)8-6-5-7-9-12;1-9(2)11(13-10(3)4)5-7-12-8-6-11;1-9(2)11(12-10(3)4)7-5-6-8-11;1-8(2)10(6-5-7-10)11-9(3)4;1-7(2)9(5-6-9)10-8(3)4/h10-11H,5-9H2,1-4H3;9-10H,5-8H2,1-4H3;9-10H,5-8H2,1-4H3;8-9H,5-7H2,1-4H3;7-8H,5-6H2,1-4H3. The second-order valence-corrected chi connectivity index (χ2v) is 22.2. The molecule has 5 aliphatic rings.